The highest BCUT2D eigenvalue weighted by molar-refractivity contribution is 5.94. The first-order valence-electron chi connectivity index (χ1n) is 6.01. The van der Waals surface area contributed by atoms with Crippen molar-refractivity contribution in [3.8, 4) is 0 Å². The van der Waals surface area contributed by atoms with E-state index in [4.69, 9.17) is 5.11 Å². The summed E-state index contributed by atoms with van der Waals surface area (Å²) in [6.07, 6.45) is 0. The summed E-state index contributed by atoms with van der Waals surface area (Å²) in [5.41, 5.74) is 1.18. The molecule has 2 N–H and O–H groups in total. The van der Waals surface area contributed by atoms with Crippen LogP contribution in [-0.4, -0.2) is 42.2 Å². The highest BCUT2D eigenvalue weighted by Gasteiger charge is 2.19. The van der Waals surface area contributed by atoms with E-state index in [0.29, 0.717) is 5.56 Å². The van der Waals surface area contributed by atoms with Crippen LogP contribution in [0, 0.1) is 0 Å². The molecule has 0 aliphatic carbocycles. The number of hydrogen-bond donors (Lipinski definition) is 2. The Balaban J connectivity index is 2.70. The summed E-state index contributed by atoms with van der Waals surface area (Å²) in [6.45, 7) is 4.33. The van der Waals surface area contributed by atoms with Crippen molar-refractivity contribution in [1.29, 1.82) is 0 Å². The highest BCUT2D eigenvalue weighted by Crippen LogP contribution is 2.08. The number of nitrogens with one attached hydrogen (secondary N) is 1. The molecule has 1 amide bonds. The molecular formula is C14H22N2O2. The smallest absolute Gasteiger partial charge is 0.251 e. The van der Waals surface area contributed by atoms with Gasteiger partial charge in [0.1, 0.15) is 0 Å². The minimum Gasteiger partial charge on any atom is -0.394 e. The van der Waals surface area contributed by atoms with Crippen LogP contribution in [0.25, 0.3) is 0 Å². The Morgan fingerprint density at radius 1 is 1.28 bits per heavy atom. The van der Waals surface area contributed by atoms with Crippen molar-refractivity contribution < 1.29 is 9.90 Å². The van der Waals surface area contributed by atoms with E-state index in [1.807, 2.05) is 38.4 Å². The van der Waals surface area contributed by atoms with E-state index < -0.39 is 5.54 Å². The molecule has 4 nitrogen and oxygen atoms in total. The van der Waals surface area contributed by atoms with Gasteiger partial charge in [0.05, 0.1) is 12.1 Å². The van der Waals surface area contributed by atoms with Crippen LogP contribution in [0.4, 0.5) is 0 Å². The number of carbonyl (C=O) groups is 1. The van der Waals surface area contributed by atoms with Crippen molar-refractivity contribution in [3.63, 3.8) is 0 Å². The van der Waals surface area contributed by atoms with Crippen LogP contribution < -0.4 is 5.32 Å². The fraction of sp³-hybridized carbons (Fsp3) is 0.500. The van der Waals surface area contributed by atoms with Crippen LogP contribution in [0.15, 0.2) is 24.3 Å². The largest absolute Gasteiger partial charge is 0.394 e. The summed E-state index contributed by atoms with van der Waals surface area (Å²) in [4.78, 5) is 14.0. The topological polar surface area (TPSA) is 52.6 Å². The number of nitrogens with zero attached hydrogens (tertiary/aromatic N) is 1. The van der Waals surface area contributed by atoms with Gasteiger partial charge < -0.3 is 15.3 Å². The summed E-state index contributed by atoms with van der Waals surface area (Å²) in [5.74, 6) is -0.162. The third kappa shape index (κ3) is 4.47. The summed E-state index contributed by atoms with van der Waals surface area (Å²) in [5, 5.41) is 11.9. The van der Waals surface area contributed by atoms with Gasteiger partial charge in [-0.05, 0) is 45.6 Å². The maximum Gasteiger partial charge on any atom is 0.251 e. The Bertz CT molecular complexity index is 397. The van der Waals surface area contributed by atoms with Crippen LogP contribution in [0.2, 0.25) is 0 Å². The molecule has 0 radical (unpaired) electrons. The van der Waals surface area contributed by atoms with E-state index in [-0.39, 0.29) is 12.5 Å². The lowest BCUT2D eigenvalue weighted by atomic mass is 10.1. The van der Waals surface area contributed by atoms with Crippen molar-refractivity contribution in [2.45, 2.75) is 25.9 Å². The Labute approximate surface area is 109 Å². The molecule has 0 aliphatic rings. The van der Waals surface area contributed by atoms with Crippen LogP contribution in [0.5, 0.6) is 0 Å². The van der Waals surface area contributed by atoms with Crippen molar-refractivity contribution in [3.05, 3.63) is 35.4 Å². The predicted molar refractivity (Wildman–Crippen MR) is 72.5 cm³/mol. The summed E-state index contributed by atoms with van der Waals surface area (Å²) in [7, 11) is 4.01. The van der Waals surface area contributed by atoms with Crippen molar-refractivity contribution in [1.82, 2.24) is 10.2 Å². The second-order valence-corrected chi connectivity index (χ2v) is 5.43. The zero-order chi connectivity index (χ0) is 13.8. The summed E-state index contributed by atoms with van der Waals surface area (Å²) >= 11 is 0. The normalized spacial score (nSPS) is 11.7. The maximum absolute atomic E-state index is 11.9. The quantitative estimate of drug-likeness (QED) is 0.827. The van der Waals surface area contributed by atoms with E-state index in [9.17, 15) is 4.79 Å². The molecule has 0 spiro atoms. The average Bonchev–Trinajstić information content (AvgIpc) is 2.28. The Morgan fingerprint density at radius 2 is 1.83 bits per heavy atom. The molecule has 0 heterocycles. The molecule has 4 heteroatoms. The third-order valence-corrected chi connectivity index (χ3v) is 2.56. The molecule has 18 heavy (non-hydrogen) atoms. The zero-order valence-electron chi connectivity index (χ0n) is 11.5. The SMILES string of the molecule is CN(C)Cc1ccc(C(=O)NC(C)(C)CO)cc1. The van der Waals surface area contributed by atoms with Gasteiger partial charge in [0.25, 0.3) is 5.91 Å². The van der Waals surface area contributed by atoms with Gasteiger partial charge in [-0.25, -0.2) is 0 Å². The van der Waals surface area contributed by atoms with Gasteiger partial charge in [0, 0.05) is 12.1 Å². The number of carbonyl (C=O) groups excluding carboxylic acids is 1. The molecule has 0 aliphatic heterocycles. The third-order valence-electron chi connectivity index (χ3n) is 2.56. The Morgan fingerprint density at radius 3 is 2.28 bits per heavy atom. The van der Waals surface area contributed by atoms with Gasteiger partial charge in [0.15, 0.2) is 0 Å². The number of amides is 1. The molecule has 100 valence electrons. The lowest BCUT2D eigenvalue weighted by Crippen LogP contribution is -2.46. The van der Waals surface area contributed by atoms with E-state index in [1.54, 1.807) is 13.8 Å². The van der Waals surface area contributed by atoms with Crippen molar-refractivity contribution in [2.75, 3.05) is 20.7 Å². The molecule has 1 aromatic carbocycles. The molecule has 0 aromatic heterocycles. The lowest BCUT2D eigenvalue weighted by Gasteiger charge is -2.23. The number of aliphatic hydroxyl groups excluding tert-OH is 1. The number of hydrogen-bond acceptors (Lipinski definition) is 3. The fourth-order valence-electron chi connectivity index (χ4n) is 1.55. The van der Waals surface area contributed by atoms with Gasteiger partial charge in [-0.15, -0.1) is 0 Å². The van der Waals surface area contributed by atoms with E-state index >= 15 is 0 Å². The number of rotatable bonds is 5. The second-order valence-electron chi connectivity index (χ2n) is 5.43. The standard InChI is InChI=1S/C14H22N2O2/c1-14(2,10-17)15-13(18)12-7-5-11(6-8-12)9-16(3)4/h5-8,17H,9-10H2,1-4H3,(H,15,18). The Hall–Kier alpha value is -1.39. The van der Waals surface area contributed by atoms with Crippen LogP contribution >= 0.6 is 0 Å². The molecule has 0 atom stereocenters. The first-order chi connectivity index (χ1) is 8.34. The molecule has 0 saturated heterocycles. The predicted octanol–water partition coefficient (Wildman–Crippen LogP) is 1.25. The molecule has 0 unspecified atom stereocenters. The van der Waals surface area contributed by atoms with Gasteiger partial charge in [-0.1, -0.05) is 12.1 Å². The van der Waals surface area contributed by atoms with Gasteiger partial charge >= 0.3 is 0 Å². The van der Waals surface area contributed by atoms with Gasteiger partial charge in [-0.2, -0.15) is 0 Å². The summed E-state index contributed by atoms with van der Waals surface area (Å²) in [6, 6.07) is 7.50. The van der Waals surface area contributed by atoms with E-state index in [0.717, 1.165) is 12.1 Å². The second kappa shape index (κ2) is 5.98. The molecule has 1 rings (SSSR count). The minimum atomic E-state index is -0.598. The minimum absolute atomic E-state index is 0.0859. The first kappa shape index (κ1) is 14.7. The van der Waals surface area contributed by atoms with Crippen molar-refractivity contribution in [2.24, 2.45) is 0 Å². The van der Waals surface area contributed by atoms with Crippen molar-refractivity contribution >= 4 is 5.91 Å². The summed E-state index contributed by atoms with van der Waals surface area (Å²) < 4.78 is 0. The molecule has 0 bridgehead atoms. The lowest BCUT2D eigenvalue weighted by molar-refractivity contribution is 0.0869. The fourth-order valence-corrected chi connectivity index (χ4v) is 1.55. The van der Waals surface area contributed by atoms with E-state index in [2.05, 4.69) is 10.2 Å². The molecule has 0 fully saturated rings. The van der Waals surface area contributed by atoms with Crippen LogP contribution in [0.3, 0.4) is 0 Å². The van der Waals surface area contributed by atoms with Crippen LogP contribution in [-0.2, 0) is 6.54 Å². The maximum atomic E-state index is 11.9. The molecule has 0 saturated carbocycles. The zero-order valence-corrected chi connectivity index (χ0v) is 11.5. The molecular weight excluding hydrogens is 228 g/mol. The van der Waals surface area contributed by atoms with Gasteiger partial charge in [-0.3, -0.25) is 4.79 Å². The monoisotopic (exact) mass is 250 g/mol. The highest BCUT2D eigenvalue weighted by atomic mass is 16.3. The number of benzene rings is 1. The van der Waals surface area contributed by atoms with Gasteiger partial charge in [0.2, 0.25) is 0 Å². The van der Waals surface area contributed by atoms with E-state index in [1.165, 1.54) is 0 Å². The first-order valence-corrected chi connectivity index (χ1v) is 6.01. The average molecular weight is 250 g/mol. The van der Waals surface area contributed by atoms with Crippen LogP contribution in [0.1, 0.15) is 29.8 Å². The number of aliphatic hydroxyl groups is 1. The molecule has 1 aromatic rings. The Kier molecular flexibility index (Phi) is 4.87.